The van der Waals surface area contributed by atoms with Crippen LogP contribution in [0.1, 0.15) is 27.1 Å². The number of anilines is 1. The Labute approximate surface area is 200 Å². The molecule has 0 bridgehead atoms. The molecule has 2 unspecified atom stereocenters. The van der Waals surface area contributed by atoms with Crippen LogP contribution in [0.4, 0.5) is 11.4 Å². The normalized spacial score (nSPS) is 19.5. The van der Waals surface area contributed by atoms with Gasteiger partial charge in [0, 0.05) is 53.4 Å². The van der Waals surface area contributed by atoms with Crippen LogP contribution in [0.2, 0.25) is 0 Å². The summed E-state index contributed by atoms with van der Waals surface area (Å²) in [5.74, 6) is -3.15. The van der Waals surface area contributed by atoms with Gasteiger partial charge in [-0.15, -0.1) is 0 Å². The number of nitro groups is 1. The second-order valence-electron chi connectivity index (χ2n) is 8.13. The van der Waals surface area contributed by atoms with Crippen molar-refractivity contribution in [2.45, 2.75) is 6.42 Å². The lowest BCUT2D eigenvalue weighted by Gasteiger charge is -2.36. The summed E-state index contributed by atoms with van der Waals surface area (Å²) >= 11 is 0. The Morgan fingerprint density at radius 3 is 2.09 bits per heavy atom. The molecule has 2 aromatic carbocycles. The van der Waals surface area contributed by atoms with Gasteiger partial charge in [-0.3, -0.25) is 24.3 Å². The molecule has 11 nitrogen and oxygen atoms in total. The third-order valence-corrected chi connectivity index (χ3v) is 6.87. The summed E-state index contributed by atoms with van der Waals surface area (Å²) in [4.78, 5) is 36.1. The van der Waals surface area contributed by atoms with E-state index in [0.29, 0.717) is 25.2 Å². The molecule has 12 heteroatoms. The van der Waals surface area contributed by atoms with E-state index >= 15 is 0 Å². The van der Waals surface area contributed by atoms with Crippen molar-refractivity contribution in [2.75, 3.05) is 18.4 Å². The summed E-state index contributed by atoms with van der Waals surface area (Å²) in [6, 6.07) is 12.2. The average Bonchev–Trinajstić information content (AvgIpc) is 2.82. The number of carbonyl (C=O) groups is 2. The van der Waals surface area contributed by atoms with Crippen molar-refractivity contribution >= 4 is 33.1 Å². The summed E-state index contributed by atoms with van der Waals surface area (Å²) in [6.45, 7) is 0.766. The van der Waals surface area contributed by atoms with Crippen molar-refractivity contribution in [2.24, 2.45) is 17.6 Å². The number of Topliss-reactive ketones (excluding diaryl/α,β-unsaturated/α-hetero) is 2. The number of nitrogens with two attached hydrogens (primary N) is 1. The topological polar surface area (TPSA) is 182 Å². The highest BCUT2D eigenvalue weighted by atomic mass is 32.2. The first-order valence-electron chi connectivity index (χ1n) is 10.7. The molecule has 4 rings (SSSR count). The summed E-state index contributed by atoms with van der Waals surface area (Å²) in [7, 11) is -4.74. The number of nitrogens with one attached hydrogen (secondary N) is 2. The Morgan fingerprint density at radius 1 is 0.943 bits per heavy atom. The smallest absolute Gasteiger partial charge is 0.296 e. The van der Waals surface area contributed by atoms with Crippen molar-refractivity contribution in [3.05, 3.63) is 92.1 Å². The standard InChI is InChI=1S/C23H22N4O7S/c24-21-18(35(32,33)34)12-17(19-20(21)23(29)16-5-2-1-4-15(16)22(19)28)26-11-3-10-25-13-6-8-14(9-7-13)27(30)31/h1-2,4-9,12,19-20,25-26H,3,10-11,24H2,(H,32,33,34). The third kappa shape index (κ3) is 4.66. The van der Waals surface area contributed by atoms with Crippen LogP contribution in [0, 0.1) is 22.0 Å². The molecule has 0 saturated carbocycles. The summed E-state index contributed by atoms with van der Waals surface area (Å²) in [6.07, 6.45) is 1.62. The lowest BCUT2D eigenvalue weighted by atomic mass is 9.69. The van der Waals surface area contributed by atoms with Crippen LogP contribution in [-0.2, 0) is 10.1 Å². The number of hydrogen-bond acceptors (Lipinski definition) is 9. The minimum Gasteiger partial charge on any atom is -0.400 e. The number of allylic oxidation sites excluding steroid dienone is 3. The van der Waals surface area contributed by atoms with Crippen LogP contribution in [0.3, 0.4) is 0 Å². The van der Waals surface area contributed by atoms with Gasteiger partial charge in [0.25, 0.3) is 15.8 Å². The monoisotopic (exact) mass is 498 g/mol. The molecule has 0 spiro atoms. The zero-order valence-corrected chi connectivity index (χ0v) is 19.1. The van der Waals surface area contributed by atoms with Crippen LogP contribution in [0.25, 0.3) is 0 Å². The van der Waals surface area contributed by atoms with Crippen molar-refractivity contribution in [3.63, 3.8) is 0 Å². The maximum Gasteiger partial charge on any atom is 0.296 e. The third-order valence-electron chi connectivity index (χ3n) is 5.97. The highest BCUT2D eigenvalue weighted by Gasteiger charge is 2.48. The molecule has 35 heavy (non-hydrogen) atoms. The van der Waals surface area contributed by atoms with Gasteiger partial charge in [-0.25, -0.2) is 0 Å². The zero-order chi connectivity index (χ0) is 25.3. The molecule has 0 fully saturated rings. The largest absolute Gasteiger partial charge is 0.400 e. The van der Waals surface area contributed by atoms with E-state index in [2.05, 4.69) is 10.6 Å². The van der Waals surface area contributed by atoms with Gasteiger partial charge < -0.3 is 16.4 Å². The molecule has 0 amide bonds. The molecule has 0 saturated heterocycles. The quantitative estimate of drug-likeness (QED) is 0.182. The minimum absolute atomic E-state index is 0.0220. The molecule has 2 aliphatic rings. The highest BCUT2D eigenvalue weighted by molar-refractivity contribution is 7.90. The van der Waals surface area contributed by atoms with Gasteiger partial charge in [-0.2, -0.15) is 8.42 Å². The number of nitrogens with zero attached hydrogens (tertiary/aromatic N) is 1. The van der Waals surface area contributed by atoms with Crippen LogP contribution in [0.5, 0.6) is 0 Å². The molecule has 2 aromatic rings. The number of hydrogen-bond donors (Lipinski definition) is 4. The predicted molar refractivity (Wildman–Crippen MR) is 127 cm³/mol. The van der Waals surface area contributed by atoms with Gasteiger partial charge in [-0.1, -0.05) is 24.3 Å². The van der Waals surface area contributed by atoms with Gasteiger partial charge in [-0.05, 0) is 24.6 Å². The number of non-ortho nitro benzene ring substituents is 1. The fraction of sp³-hybridized carbons (Fsp3) is 0.217. The van der Waals surface area contributed by atoms with E-state index in [9.17, 15) is 32.7 Å². The molecule has 5 N–H and O–H groups in total. The summed E-state index contributed by atoms with van der Waals surface area (Å²) in [5, 5.41) is 16.9. The molecule has 2 atom stereocenters. The maximum absolute atomic E-state index is 13.3. The van der Waals surface area contributed by atoms with Gasteiger partial charge in [0.05, 0.1) is 16.8 Å². The van der Waals surface area contributed by atoms with Crippen molar-refractivity contribution in [1.82, 2.24) is 5.32 Å². The van der Waals surface area contributed by atoms with Crippen molar-refractivity contribution < 1.29 is 27.5 Å². The summed E-state index contributed by atoms with van der Waals surface area (Å²) < 4.78 is 33.6. The van der Waals surface area contributed by atoms with Gasteiger partial charge in [0.2, 0.25) is 0 Å². The van der Waals surface area contributed by atoms with E-state index in [-0.39, 0.29) is 34.0 Å². The second-order valence-corrected chi connectivity index (χ2v) is 9.52. The van der Waals surface area contributed by atoms with Gasteiger partial charge in [0.15, 0.2) is 11.6 Å². The number of rotatable bonds is 8. The number of nitro benzene ring substituents is 1. The fourth-order valence-corrected chi connectivity index (χ4v) is 5.00. The lowest BCUT2D eigenvalue weighted by molar-refractivity contribution is -0.384. The van der Waals surface area contributed by atoms with Crippen LogP contribution in [0.15, 0.2) is 70.9 Å². The first-order chi connectivity index (χ1) is 16.6. The van der Waals surface area contributed by atoms with E-state index in [1.54, 1.807) is 24.3 Å². The molecule has 2 aliphatic carbocycles. The van der Waals surface area contributed by atoms with E-state index < -0.39 is 37.6 Å². The Morgan fingerprint density at radius 2 is 1.51 bits per heavy atom. The van der Waals surface area contributed by atoms with E-state index in [0.717, 1.165) is 6.08 Å². The Bertz CT molecular complexity index is 1380. The Balaban J connectivity index is 1.51. The first-order valence-corrected chi connectivity index (χ1v) is 12.1. The predicted octanol–water partition coefficient (Wildman–Crippen LogP) is 2.25. The molecule has 0 heterocycles. The van der Waals surface area contributed by atoms with Crippen LogP contribution < -0.4 is 16.4 Å². The fourth-order valence-electron chi connectivity index (χ4n) is 4.30. The molecule has 0 aliphatic heterocycles. The maximum atomic E-state index is 13.3. The highest BCUT2D eigenvalue weighted by Crippen LogP contribution is 2.41. The number of fused-ring (bicyclic) bond motifs is 2. The molecular weight excluding hydrogens is 476 g/mol. The van der Waals surface area contributed by atoms with E-state index in [4.69, 9.17) is 5.73 Å². The van der Waals surface area contributed by atoms with Crippen LogP contribution in [-0.4, -0.2) is 42.5 Å². The number of benzene rings is 2. The van der Waals surface area contributed by atoms with E-state index in [1.807, 2.05) is 0 Å². The SMILES string of the molecule is NC1=C(S(=O)(=O)O)C=C(NCCCNc2ccc([N+](=O)[O-])cc2)C2C(=O)c3ccccc3C(=O)C12. The summed E-state index contributed by atoms with van der Waals surface area (Å²) in [5.41, 5.74) is 6.87. The number of ketones is 2. The average molecular weight is 499 g/mol. The first kappa shape index (κ1) is 24.1. The number of carbonyl (C=O) groups excluding carboxylic acids is 2. The Kier molecular flexibility index (Phi) is 6.41. The van der Waals surface area contributed by atoms with Gasteiger partial charge >= 0.3 is 0 Å². The van der Waals surface area contributed by atoms with Crippen molar-refractivity contribution in [3.8, 4) is 0 Å². The van der Waals surface area contributed by atoms with Crippen molar-refractivity contribution in [1.29, 1.82) is 0 Å². The Hall–Kier alpha value is -4.03. The molecular formula is C23H22N4O7S. The lowest BCUT2D eigenvalue weighted by Crippen LogP contribution is -2.46. The molecule has 0 radical (unpaired) electrons. The van der Waals surface area contributed by atoms with E-state index in [1.165, 1.54) is 24.3 Å². The second kappa shape index (κ2) is 9.31. The molecule has 0 aromatic heterocycles. The zero-order valence-electron chi connectivity index (χ0n) is 18.3. The van der Waals surface area contributed by atoms with Crippen LogP contribution >= 0.6 is 0 Å². The minimum atomic E-state index is -4.74. The van der Waals surface area contributed by atoms with Gasteiger partial charge in [0.1, 0.15) is 4.91 Å². The molecule has 182 valence electrons.